The van der Waals surface area contributed by atoms with Crippen LogP contribution in [0.15, 0.2) is 30.9 Å². The van der Waals surface area contributed by atoms with Crippen molar-refractivity contribution >= 4 is 22.9 Å². The van der Waals surface area contributed by atoms with Gasteiger partial charge in [-0.2, -0.15) is 17.7 Å². The largest absolute Gasteiger partial charge is 0.453 e. The average molecular weight is 390 g/mol. The molecule has 5 rings (SSSR count). The van der Waals surface area contributed by atoms with E-state index in [9.17, 15) is 13.2 Å². The van der Waals surface area contributed by atoms with Crippen molar-refractivity contribution in [2.24, 2.45) is 0 Å². The van der Waals surface area contributed by atoms with E-state index in [1.165, 1.54) is 6.07 Å². The molecule has 1 aliphatic rings. The van der Waals surface area contributed by atoms with Crippen LogP contribution < -0.4 is 9.80 Å². The Morgan fingerprint density at radius 1 is 0.929 bits per heavy atom. The quantitative estimate of drug-likeness (QED) is 0.499. The van der Waals surface area contributed by atoms with Gasteiger partial charge in [-0.3, -0.25) is 4.40 Å². The number of fused-ring (bicyclic) bond motifs is 2. The lowest BCUT2D eigenvalue weighted by Gasteiger charge is -2.35. The third kappa shape index (κ3) is 2.66. The lowest BCUT2D eigenvalue weighted by Crippen LogP contribution is -2.47. The van der Waals surface area contributed by atoms with Gasteiger partial charge in [0.2, 0.25) is 5.65 Å². The fourth-order valence-electron chi connectivity index (χ4n) is 3.24. The van der Waals surface area contributed by atoms with E-state index >= 15 is 0 Å². The van der Waals surface area contributed by atoms with Gasteiger partial charge in [0.05, 0.1) is 0 Å². The molecule has 0 aromatic carbocycles. The molecule has 0 radical (unpaired) electrons. The number of anilines is 2. The molecule has 5 heterocycles. The first-order chi connectivity index (χ1) is 13.5. The van der Waals surface area contributed by atoms with Gasteiger partial charge in [-0.25, -0.2) is 4.98 Å². The summed E-state index contributed by atoms with van der Waals surface area (Å²) in [6, 6.07) is 3.13. The number of rotatable bonds is 2. The molecule has 4 aromatic rings. The molecule has 0 unspecified atom stereocenters. The Morgan fingerprint density at radius 2 is 1.71 bits per heavy atom. The van der Waals surface area contributed by atoms with Crippen LogP contribution in [0.3, 0.4) is 0 Å². The van der Waals surface area contributed by atoms with Crippen molar-refractivity contribution in [2.75, 3.05) is 36.0 Å². The van der Waals surface area contributed by atoms with E-state index in [0.717, 1.165) is 10.3 Å². The van der Waals surface area contributed by atoms with Gasteiger partial charge in [0.25, 0.3) is 5.82 Å². The van der Waals surface area contributed by atoms with Gasteiger partial charge in [0.15, 0.2) is 11.5 Å². The smallest absolute Gasteiger partial charge is 0.352 e. The molecule has 0 saturated carbocycles. The molecule has 0 atom stereocenters. The Balaban J connectivity index is 1.39. The van der Waals surface area contributed by atoms with Crippen LogP contribution in [0.5, 0.6) is 0 Å². The van der Waals surface area contributed by atoms with Crippen LogP contribution in [0.2, 0.25) is 0 Å². The van der Waals surface area contributed by atoms with Crippen molar-refractivity contribution < 1.29 is 13.2 Å². The van der Waals surface area contributed by atoms with E-state index in [4.69, 9.17) is 0 Å². The lowest BCUT2D eigenvalue weighted by atomic mass is 10.3. The zero-order chi connectivity index (χ0) is 19.3. The van der Waals surface area contributed by atoms with Crippen LogP contribution in [-0.4, -0.2) is 65.6 Å². The molecule has 0 bridgehead atoms. The summed E-state index contributed by atoms with van der Waals surface area (Å²) >= 11 is 0. The number of nitrogens with zero attached hydrogens (tertiary/aromatic N) is 10. The summed E-state index contributed by atoms with van der Waals surface area (Å²) in [7, 11) is 0. The molecule has 0 amide bonds. The Bertz CT molecular complexity index is 1140. The summed E-state index contributed by atoms with van der Waals surface area (Å²) < 4.78 is 41.7. The van der Waals surface area contributed by atoms with Crippen molar-refractivity contribution in [3.8, 4) is 0 Å². The van der Waals surface area contributed by atoms with Gasteiger partial charge in [-0.05, 0) is 12.1 Å². The summed E-state index contributed by atoms with van der Waals surface area (Å²) in [6.07, 6.45) is 0.434. The van der Waals surface area contributed by atoms with Crippen molar-refractivity contribution in [1.29, 1.82) is 0 Å². The number of hydrogen-bond acceptors (Lipinski definition) is 8. The van der Waals surface area contributed by atoms with E-state index in [-0.39, 0.29) is 5.65 Å². The van der Waals surface area contributed by atoms with Crippen molar-refractivity contribution in [2.45, 2.75) is 6.18 Å². The Kier molecular flexibility index (Phi) is 3.57. The van der Waals surface area contributed by atoms with Gasteiger partial charge in [-0.15, -0.1) is 25.5 Å². The highest BCUT2D eigenvalue weighted by Crippen LogP contribution is 2.28. The second-order valence-electron chi connectivity index (χ2n) is 6.27. The fourth-order valence-corrected chi connectivity index (χ4v) is 3.24. The molecular weight excluding hydrogens is 377 g/mol. The van der Waals surface area contributed by atoms with Crippen molar-refractivity contribution in [3.05, 3.63) is 36.7 Å². The summed E-state index contributed by atoms with van der Waals surface area (Å²) in [5.74, 6) is 0.0259. The monoisotopic (exact) mass is 390 g/mol. The van der Waals surface area contributed by atoms with Gasteiger partial charge >= 0.3 is 6.18 Å². The Hall–Kier alpha value is -3.51. The number of piperazine rings is 1. The normalized spacial score (nSPS) is 15.7. The maximum absolute atomic E-state index is 13.1. The molecule has 144 valence electrons. The van der Waals surface area contributed by atoms with E-state index in [0.29, 0.717) is 37.6 Å². The van der Waals surface area contributed by atoms with Crippen LogP contribution in [0.4, 0.5) is 24.8 Å². The van der Waals surface area contributed by atoms with E-state index < -0.39 is 12.0 Å². The third-order valence-electron chi connectivity index (χ3n) is 4.60. The van der Waals surface area contributed by atoms with Crippen molar-refractivity contribution in [1.82, 2.24) is 39.4 Å². The van der Waals surface area contributed by atoms with E-state index in [1.807, 2.05) is 4.90 Å². The van der Waals surface area contributed by atoms with Gasteiger partial charge in [0.1, 0.15) is 12.1 Å². The highest BCUT2D eigenvalue weighted by atomic mass is 19.4. The highest BCUT2D eigenvalue weighted by Gasteiger charge is 2.38. The van der Waals surface area contributed by atoms with Gasteiger partial charge in [0, 0.05) is 38.6 Å². The van der Waals surface area contributed by atoms with Gasteiger partial charge in [-0.1, -0.05) is 0 Å². The Morgan fingerprint density at radius 3 is 2.50 bits per heavy atom. The molecule has 13 heteroatoms. The van der Waals surface area contributed by atoms with Crippen LogP contribution in [0, 0.1) is 0 Å². The zero-order valence-electron chi connectivity index (χ0n) is 14.3. The standard InChI is InChI=1S/C15H13F3N10/c16-15(17,18)14-23-21-10-1-2-11(24-28(10)14)25-5-7-26(8-6-25)12-13-22-20-9-27(13)4-3-19-12/h1-4,9H,5-8H2. The predicted octanol–water partition coefficient (Wildman–Crippen LogP) is 0.907. The molecule has 28 heavy (non-hydrogen) atoms. The maximum atomic E-state index is 13.1. The molecule has 0 spiro atoms. The first-order valence-corrected chi connectivity index (χ1v) is 8.44. The summed E-state index contributed by atoms with van der Waals surface area (Å²) in [5.41, 5.74) is 0.715. The topological polar surface area (TPSA) is 92.6 Å². The van der Waals surface area contributed by atoms with Crippen LogP contribution in [0.25, 0.3) is 11.3 Å². The number of hydrogen-bond donors (Lipinski definition) is 0. The third-order valence-corrected chi connectivity index (χ3v) is 4.60. The predicted molar refractivity (Wildman–Crippen MR) is 91.0 cm³/mol. The minimum atomic E-state index is -4.62. The SMILES string of the molecule is FC(F)(F)c1nnc2ccc(N3CCN(c4nccn5cnnc45)CC3)nn12. The first-order valence-electron chi connectivity index (χ1n) is 8.44. The maximum Gasteiger partial charge on any atom is 0.453 e. The fraction of sp³-hybridized carbons (Fsp3) is 0.333. The molecule has 0 N–H and O–H groups in total. The summed E-state index contributed by atoms with van der Waals surface area (Å²) in [5, 5.41) is 18.8. The molecule has 0 aliphatic carbocycles. The average Bonchev–Trinajstić information content (AvgIpc) is 3.34. The Labute approximate surface area is 155 Å². The van der Waals surface area contributed by atoms with Crippen LogP contribution in [0.1, 0.15) is 5.82 Å². The summed E-state index contributed by atoms with van der Waals surface area (Å²) in [4.78, 5) is 8.38. The minimum Gasteiger partial charge on any atom is -0.352 e. The molecule has 1 saturated heterocycles. The number of alkyl halides is 3. The molecule has 4 aromatic heterocycles. The van der Waals surface area contributed by atoms with E-state index in [1.54, 1.807) is 29.2 Å². The first kappa shape index (κ1) is 16.6. The molecule has 1 fully saturated rings. The second kappa shape index (κ2) is 6.00. The molecule has 1 aliphatic heterocycles. The molecular formula is C15H13F3N10. The van der Waals surface area contributed by atoms with Crippen LogP contribution >= 0.6 is 0 Å². The van der Waals surface area contributed by atoms with E-state index in [2.05, 4.69) is 35.4 Å². The molecule has 10 nitrogen and oxygen atoms in total. The zero-order valence-corrected chi connectivity index (χ0v) is 14.3. The lowest BCUT2D eigenvalue weighted by molar-refractivity contribution is -0.146. The number of halogens is 3. The minimum absolute atomic E-state index is 0.0531. The van der Waals surface area contributed by atoms with Crippen LogP contribution in [-0.2, 0) is 6.18 Å². The summed E-state index contributed by atoms with van der Waals surface area (Å²) in [6.45, 7) is 2.37. The van der Waals surface area contributed by atoms with Crippen molar-refractivity contribution in [3.63, 3.8) is 0 Å². The van der Waals surface area contributed by atoms with Gasteiger partial charge < -0.3 is 9.80 Å². The highest BCUT2D eigenvalue weighted by molar-refractivity contribution is 5.64. The number of aromatic nitrogens is 8. The second-order valence-corrected chi connectivity index (χ2v) is 6.27.